The minimum atomic E-state index is -1.10. The zero-order chi connectivity index (χ0) is 18.4. The third-order valence-electron chi connectivity index (χ3n) is 3.62. The lowest BCUT2D eigenvalue weighted by Gasteiger charge is -2.19. The summed E-state index contributed by atoms with van der Waals surface area (Å²) >= 11 is 2.81. The lowest BCUT2D eigenvalue weighted by atomic mass is 10.1. The zero-order valence-electron chi connectivity index (χ0n) is 14.0. The maximum Gasteiger partial charge on any atom is 0.349 e. The number of thiophene rings is 2. The summed E-state index contributed by atoms with van der Waals surface area (Å²) in [5.74, 6) is -0.447. The molecule has 1 N–H and O–H groups in total. The third kappa shape index (κ3) is 4.30. The van der Waals surface area contributed by atoms with Crippen molar-refractivity contribution in [3.8, 4) is 5.75 Å². The molecule has 0 saturated heterocycles. The highest BCUT2D eigenvalue weighted by Gasteiger charge is 2.28. The van der Waals surface area contributed by atoms with Crippen molar-refractivity contribution in [3.05, 3.63) is 74.6 Å². The summed E-state index contributed by atoms with van der Waals surface area (Å²) in [6, 6.07) is 14.3. The summed E-state index contributed by atoms with van der Waals surface area (Å²) in [5, 5.41) is 6.55. The number of hydrogen-bond donors (Lipinski definition) is 1. The van der Waals surface area contributed by atoms with Gasteiger partial charge in [0.2, 0.25) is 6.10 Å². The number of carbonyl (C=O) groups is 2. The van der Waals surface area contributed by atoms with Gasteiger partial charge in [-0.1, -0.05) is 30.3 Å². The zero-order valence-corrected chi connectivity index (χ0v) is 15.6. The van der Waals surface area contributed by atoms with Gasteiger partial charge in [0.15, 0.2) is 0 Å². The van der Waals surface area contributed by atoms with E-state index in [1.165, 1.54) is 18.4 Å². The number of esters is 1. The summed E-state index contributed by atoms with van der Waals surface area (Å²) in [6.07, 6.45) is -1.10. The fourth-order valence-electron chi connectivity index (χ4n) is 2.38. The summed E-state index contributed by atoms with van der Waals surface area (Å²) in [7, 11) is 1.51. The van der Waals surface area contributed by atoms with Crippen LogP contribution in [0.1, 0.15) is 26.2 Å². The SMILES string of the molecule is COc1ccccc1C(OC(=O)c1cccs1)C(=O)NCc1cccs1. The fraction of sp³-hybridized carbons (Fsp3) is 0.158. The Bertz CT molecular complexity index is 860. The molecule has 0 aliphatic rings. The topological polar surface area (TPSA) is 64.6 Å². The molecule has 134 valence electrons. The van der Waals surface area contributed by atoms with E-state index in [-0.39, 0.29) is 0 Å². The molecule has 1 amide bonds. The number of nitrogens with one attached hydrogen (secondary N) is 1. The summed E-state index contributed by atoms with van der Waals surface area (Å²) in [6.45, 7) is 0.374. The van der Waals surface area contributed by atoms with E-state index < -0.39 is 18.0 Å². The summed E-state index contributed by atoms with van der Waals surface area (Å²) in [5.41, 5.74) is 0.503. The van der Waals surface area contributed by atoms with E-state index in [4.69, 9.17) is 9.47 Å². The first kappa shape index (κ1) is 18.2. The highest BCUT2D eigenvalue weighted by molar-refractivity contribution is 7.12. The molecule has 0 spiro atoms. The molecular weight excluding hydrogens is 370 g/mol. The molecule has 0 aliphatic heterocycles. The van der Waals surface area contributed by atoms with Crippen LogP contribution in [0, 0.1) is 0 Å². The monoisotopic (exact) mass is 387 g/mol. The number of benzene rings is 1. The number of ether oxygens (including phenoxy) is 2. The van der Waals surface area contributed by atoms with Crippen LogP contribution in [-0.4, -0.2) is 19.0 Å². The Morgan fingerprint density at radius 2 is 1.81 bits per heavy atom. The molecule has 0 aliphatic carbocycles. The number of methoxy groups -OCH3 is 1. The molecule has 0 radical (unpaired) electrons. The second kappa shape index (κ2) is 8.64. The minimum Gasteiger partial charge on any atom is -0.496 e. The number of amides is 1. The van der Waals surface area contributed by atoms with Gasteiger partial charge in [-0.15, -0.1) is 22.7 Å². The number of hydrogen-bond acceptors (Lipinski definition) is 6. The van der Waals surface area contributed by atoms with E-state index in [0.29, 0.717) is 22.7 Å². The Kier molecular flexibility index (Phi) is 6.04. The van der Waals surface area contributed by atoms with Gasteiger partial charge in [-0.25, -0.2) is 4.79 Å². The van der Waals surface area contributed by atoms with Crippen LogP contribution < -0.4 is 10.1 Å². The summed E-state index contributed by atoms with van der Waals surface area (Å²) < 4.78 is 10.9. The first-order valence-corrected chi connectivity index (χ1v) is 9.62. The van der Waals surface area contributed by atoms with Gasteiger partial charge in [-0.05, 0) is 29.0 Å². The number of rotatable bonds is 7. The van der Waals surface area contributed by atoms with Gasteiger partial charge in [-0.2, -0.15) is 0 Å². The molecule has 1 unspecified atom stereocenters. The predicted molar refractivity (Wildman–Crippen MR) is 102 cm³/mol. The van der Waals surface area contributed by atoms with E-state index in [1.807, 2.05) is 17.5 Å². The molecule has 1 aromatic carbocycles. The van der Waals surface area contributed by atoms with Gasteiger partial charge in [0, 0.05) is 10.4 Å². The van der Waals surface area contributed by atoms with Crippen LogP contribution in [0.3, 0.4) is 0 Å². The Balaban J connectivity index is 1.82. The normalized spacial score (nSPS) is 11.6. The quantitative estimate of drug-likeness (QED) is 0.622. The van der Waals surface area contributed by atoms with Crippen molar-refractivity contribution in [2.45, 2.75) is 12.6 Å². The average Bonchev–Trinajstić information content (AvgIpc) is 3.38. The standard InChI is InChI=1S/C19H17NO4S2/c1-23-15-8-3-2-7-14(15)17(24-19(22)16-9-5-11-26-16)18(21)20-12-13-6-4-10-25-13/h2-11,17H,12H2,1H3,(H,20,21). The molecule has 3 rings (SSSR count). The lowest BCUT2D eigenvalue weighted by molar-refractivity contribution is -0.130. The van der Waals surface area contributed by atoms with Crippen molar-refractivity contribution in [2.24, 2.45) is 0 Å². The van der Waals surface area contributed by atoms with Gasteiger partial charge in [0.1, 0.15) is 10.6 Å². The molecule has 5 nitrogen and oxygen atoms in total. The smallest absolute Gasteiger partial charge is 0.349 e. The van der Waals surface area contributed by atoms with Gasteiger partial charge in [0.25, 0.3) is 5.91 Å². The molecular formula is C19H17NO4S2. The van der Waals surface area contributed by atoms with Crippen LogP contribution in [0.15, 0.2) is 59.3 Å². The number of carbonyl (C=O) groups excluding carboxylic acids is 2. The maximum atomic E-state index is 12.8. The predicted octanol–water partition coefficient (Wildman–Crippen LogP) is 4.03. The van der Waals surface area contributed by atoms with Crippen LogP contribution in [0.5, 0.6) is 5.75 Å². The van der Waals surface area contributed by atoms with E-state index in [0.717, 1.165) is 4.88 Å². The van der Waals surface area contributed by atoms with E-state index >= 15 is 0 Å². The largest absolute Gasteiger partial charge is 0.496 e. The van der Waals surface area contributed by atoms with Crippen LogP contribution in [0.4, 0.5) is 0 Å². The highest BCUT2D eigenvalue weighted by Crippen LogP contribution is 2.29. The van der Waals surface area contributed by atoms with Crippen molar-refractivity contribution in [1.82, 2.24) is 5.32 Å². The van der Waals surface area contributed by atoms with Gasteiger partial charge >= 0.3 is 5.97 Å². The molecule has 2 aromatic heterocycles. The number of para-hydroxylation sites is 1. The molecule has 0 fully saturated rings. The molecule has 2 heterocycles. The van der Waals surface area contributed by atoms with Crippen molar-refractivity contribution in [3.63, 3.8) is 0 Å². The van der Waals surface area contributed by atoms with Gasteiger partial charge in [-0.3, -0.25) is 4.79 Å². The molecule has 0 bridgehead atoms. The molecule has 0 saturated carbocycles. The second-order valence-corrected chi connectivity index (χ2v) is 7.28. The molecule has 1 atom stereocenters. The van der Waals surface area contributed by atoms with Crippen molar-refractivity contribution >= 4 is 34.6 Å². The second-order valence-electron chi connectivity index (χ2n) is 5.30. The van der Waals surface area contributed by atoms with Crippen LogP contribution in [0.2, 0.25) is 0 Å². The first-order valence-electron chi connectivity index (χ1n) is 7.86. The van der Waals surface area contributed by atoms with Crippen molar-refractivity contribution in [2.75, 3.05) is 7.11 Å². The average molecular weight is 387 g/mol. The highest BCUT2D eigenvalue weighted by atomic mass is 32.1. The Hall–Kier alpha value is -2.64. The minimum absolute atomic E-state index is 0.374. The van der Waals surface area contributed by atoms with Crippen molar-refractivity contribution < 1.29 is 19.1 Å². The van der Waals surface area contributed by atoms with Crippen LogP contribution in [-0.2, 0) is 16.1 Å². The Morgan fingerprint density at radius 1 is 1.04 bits per heavy atom. The first-order chi connectivity index (χ1) is 12.7. The van der Waals surface area contributed by atoms with Crippen LogP contribution >= 0.6 is 22.7 Å². The molecule has 3 aromatic rings. The van der Waals surface area contributed by atoms with E-state index in [9.17, 15) is 9.59 Å². The van der Waals surface area contributed by atoms with Crippen molar-refractivity contribution in [1.29, 1.82) is 0 Å². The van der Waals surface area contributed by atoms with E-state index in [2.05, 4.69) is 5.32 Å². The fourth-order valence-corrected chi connectivity index (χ4v) is 3.63. The van der Waals surface area contributed by atoms with Gasteiger partial charge in [0.05, 0.1) is 13.7 Å². The third-order valence-corrected chi connectivity index (χ3v) is 5.35. The summed E-state index contributed by atoms with van der Waals surface area (Å²) in [4.78, 5) is 26.6. The lowest BCUT2D eigenvalue weighted by Crippen LogP contribution is -2.31. The molecule has 26 heavy (non-hydrogen) atoms. The van der Waals surface area contributed by atoms with Gasteiger partial charge < -0.3 is 14.8 Å². The maximum absolute atomic E-state index is 12.8. The van der Waals surface area contributed by atoms with E-state index in [1.54, 1.807) is 53.1 Å². The molecule has 7 heteroatoms. The Labute approximate surface area is 159 Å². The van der Waals surface area contributed by atoms with Crippen LogP contribution in [0.25, 0.3) is 0 Å². The Morgan fingerprint density at radius 3 is 2.50 bits per heavy atom.